The lowest BCUT2D eigenvalue weighted by atomic mass is 10.1. The van der Waals surface area contributed by atoms with Crippen molar-refractivity contribution in [3.8, 4) is 5.82 Å². The van der Waals surface area contributed by atoms with Crippen LogP contribution in [0, 0.1) is 0 Å². The summed E-state index contributed by atoms with van der Waals surface area (Å²) in [6, 6.07) is 3.46. The molecule has 0 aromatic carbocycles. The number of imidazole rings is 1. The highest BCUT2D eigenvalue weighted by Crippen LogP contribution is 2.18. The van der Waals surface area contributed by atoms with Gasteiger partial charge in [0.25, 0.3) is 5.91 Å². The first-order valence-corrected chi connectivity index (χ1v) is 8.16. The van der Waals surface area contributed by atoms with E-state index < -0.39 is 0 Å². The SMILES string of the molecule is CN(C)C(=O)OC1CCN(C(=O)c2ccnc(-n3ccnc3)c2)CC1. The van der Waals surface area contributed by atoms with E-state index in [2.05, 4.69) is 9.97 Å². The van der Waals surface area contributed by atoms with E-state index in [0.717, 1.165) is 0 Å². The minimum absolute atomic E-state index is 0.0406. The predicted octanol–water partition coefficient (Wildman–Crippen LogP) is 1.57. The van der Waals surface area contributed by atoms with Crippen LogP contribution in [-0.2, 0) is 4.74 Å². The molecule has 1 saturated heterocycles. The van der Waals surface area contributed by atoms with Crippen LogP contribution in [0.1, 0.15) is 23.2 Å². The summed E-state index contributed by atoms with van der Waals surface area (Å²) >= 11 is 0. The van der Waals surface area contributed by atoms with Crippen LogP contribution in [0.4, 0.5) is 4.79 Å². The highest BCUT2D eigenvalue weighted by atomic mass is 16.6. The first kappa shape index (κ1) is 16.9. The van der Waals surface area contributed by atoms with Gasteiger partial charge in [0.05, 0.1) is 0 Å². The number of piperidine rings is 1. The summed E-state index contributed by atoms with van der Waals surface area (Å²) in [5.41, 5.74) is 0.586. The Labute approximate surface area is 146 Å². The molecule has 8 nitrogen and oxygen atoms in total. The molecule has 1 aliphatic heterocycles. The monoisotopic (exact) mass is 343 g/mol. The molecule has 3 rings (SSSR count). The second-order valence-electron chi connectivity index (χ2n) is 6.14. The molecule has 0 atom stereocenters. The molecular formula is C17H21N5O3. The fourth-order valence-electron chi connectivity index (χ4n) is 2.69. The van der Waals surface area contributed by atoms with E-state index in [1.54, 1.807) is 60.6 Å². The summed E-state index contributed by atoms with van der Waals surface area (Å²) in [5, 5.41) is 0. The van der Waals surface area contributed by atoms with Crippen molar-refractivity contribution >= 4 is 12.0 Å². The summed E-state index contributed by atoms with van der Waals surface area (Å²) in [6.07, 6.45) is 7.50. The first-order valence-electron chi connectivity index (χ1n) is 8.16. The number of carbonyl (C=O) groups is 2. The standard InChI is InChI=1S/C17H21N5O3/c1-20(2)17(24)25-14-4-8-21(9-5-14)16(23)13-3-6-19-15(11-13)22-10-7-18-12-22/h3,6-7,10-12,14H,4-5,8-9H2,1-2H3. The zero-order valence-corrected chi connectivity index (χ0v) is 14.3. The van der Waals surface area contributed by atoms with Gasteiger partial charge in [0.2, 0.25) is 0 Å². The number of likely N-dealkylation sites (tertiary alicyclic amines) is 1. The molecule has 0 unspecified atom stereocenters. The van der Waals surface area contributed by atoms with Gasteiger partial charge in [0.15, 0.2) is 0 Å². The third-order valence-electron chi connectivity index (χ3n) is 4.12. The normalized spacial score (nSPS) is 15.0. The topological polar surface area (TPSA) is 80.6 Å². The van der Waals surface area contributed by atoms with Gasteiger partial charge in [-0.3, -0.25) is 9.36 Å². The molecule has 2 amide bonds. The van der Waals surface area contributed by atoms with E-state index in [0.29, 0.717) is 37.3 Å². The Bertz CT molecular complexity index is 737. The Kier molecular flexibility index (Phi) is 4.97. The van der Waals surface area contributed by atoms with Crippen molar-refractivity contribution in [3.63, 3.8) is 0 Å². The molecule has 2 aromatic heterocycles. The Morgan fingerprint density at radius 3 is 2.64 bits per heavy atom. The largest absolute Gasteiger partial charge is 0.446 e. The predicted molar refractivity (Wildman–Crippen MR) is 90.5 cm³/mol. The van der Waals surface area contributed by atoms with Gasteiger partial charge in [0, 0.05) is 64.2 Å². The molecule has 25 heavy (non-hydrogen) atoms. The van der Waals surface area contributed by atoms with Crippen molar-refractivity contribution in [2.45, 2.75) is 18.9 Å². The molecule has 132 valence electrons. The van der Waals surface area contributed by atoms with E-state index in [-0.39, 0.29) is 18.1 Å². The van der Waals surface area contributed by atoms with Crippen LogP contribution < -0.4 is 0 Å². The average molecular weight is 343 g/mol. The van der Waals surface area contributed by atoms with Gasteiger partial charge >= 0.3 is 6.09 Å². The van der Waals surface area contributed by atoms with Gasteiger partial charge in [-0.25, -0.2) is 14.8 Å². The molecule has 0 N–H and O–H groups in total. The van der Waals surface area contributed by atoms with E-state index in [1.807, 2.05) is 0 Å². The van der Waals surface area contributed by atoms with Crippen LogP contribution in [0.2, 0.25) is 0 Å². The maximum absolute atomic E-state index is 12.7. The maximum atomic E-state index is 12.7. The van der Waals surface area contributed by atoms with Gasteiger partial charge in [-0.15, -0.1) is 0 Å². The maximum Gasteiger partial charge on any atom is 0.409 e. The summed E-state index contributed by atoms with van der Waals surface area (Å²) in [5.74, 6) is 0.610. The van der Waals surface area contributed by atoms with Crippen LogP contribution in [-0.4, -0.2) is 69.6 Å². The third kappa shape index (κ3) is 3.96. The fourth-order valence-corrected chi connectivity index (χ4v) is 2.69. The van der Waals surface area contributed by atoms with E-state index in [4.69, 9.17) is 4.74 Å². The molecule has 8 heteroatoms. The summed E-state index contributed by atoms with van der Waals surface area (Å²) < 4.78 is 7.14. The number of hydrogen-bond acceptors (Lipinski definition) is 5. The Morgan fingerprint density at radius 2 is 2.00 bits per heavy atom. The molecule has 0 aliphatic carbocycles. The minimum atomic E-state index is -0.344. The number of amides is 2. The van der Waals surface area contributed by atoms with Crippen molar-refractivity contribution in [1.82, 2.24) is 24.3 Å². The molecule has 3 heterocycles. The van der Waals surface area contributed by atoms with Crippen LogP contribution in [0.5, 0.6) is 0 Å². The van der Waals surface area contributed by atoms with Crippen molar-refractivity contribution < 1.29 is 14.3 Å². The van der Waals surface area contributed by atoms with Crippen LogP contribution in [0.25, 0.3) is 5.82 Å². The Hall–Kier alpha value is -2.90. The summed E-state index contributed by atoms with van der Waals surface area (Å²) in [4.78, 5) is 35.8. The quantitative estimate of drug-likeness (QED) is 0.845. The lowest BCUT2D eigenvalue weighted by Gasteiger charge is -2.32. The number of pyridine rings is 1. The molecule has 0 spiro atoms. The number of nitrogens with zero attached hydrogens (tertiary/aromatic N) is 5. The molecule has 2 aromatic rings. The molecule has 1 aliphatic rings. The lowest BCUT2D eigenvalue weighted by Crippen LogP contribution is -2.42. The molecule has 0 radical (unpaired) electrons. The molecule has 0 bridgehead atoms. The minimum Gasteiger partial charge on any atom is -0.446 e. The second kappa shape index (κ2) is 7.33. The fraction of sp³-hybridized carbons (Fsp3) is 0.412. The van der Waals surface area contributed by atoms with Crippen molar-refractivity contribution in [1.29, 1.82) is 0 Å². The summed E-state index contributed by atoms with van der Waals surface area (Å²) in [6.45, 7) is 1.12. The number of aromatic nitrogens is 3. The van der Waals surface area contributed by atoms with E-state index in [1.165, 1.54) is 4.90 Å². The average Bonchev–Trinajstić information content (AvgIpc) is 3.16. The van der Waals surface area contributed by atoms with Gasteiger partial charge < -0.3 is 14.5 Å². The highest BCUT2D eigenvalue weighted by Gasteiger charge is 2.26. The second-order valence-corrected chi connectivity index (χ2v) is 6.14. The van der Waals surface area contributed by atoms with Gasteiger partial charge in [0.1, 0.15) is 18.2 Å². The van der Waals surface area contributed by atoms with Gasteiger partial charge in [-0.2, -0.15) is 0 Å². The highest BCUT2D eigenvalue weighted by molar-refractivity contribution is 5.94. The van der Waals surface area contributed by atoms with Gasteiger partial charge in [-0.05, 0) is 12.1 Å². The summed E-state index contributed by atoms with van der Waals surface area (Å²) in [7, 11) is 3.31. The van der Waals surface area contributed by atoms with E-state index in [9.17, 15) is 9.59 Å². The van der Waals surface area contributed by atoms with Crippen molar-refractivity contribution in [2.75, 3.05) is 27.2 Å². The van der Waals surface area contributed by atoms with Crippen LogP contribution >= 0.6 is 0 Å². The molecule has 1 fully saturated rings. The number of ether oxygens (including phenoxy) is 1. The van der Waals surface area contributed by atoms with Crippen LogP contribution in [0.15, 0.2) is 37.1 Å². The first-order chi connectivity index (χ1) is 12.0. The molecular weight excluding hydrogens is 322 g/mol. The zero-order chi connectivity index (χ0) is 17.8. The third-order valence-corrected chi connectivity index (χ3v) is 4.12. The molecule has 0 saturated carbocycles. The number of rotatable bonds is 3. The Balaban J connectivity index is 1.61. The van der Waals surface area contributed by atoms with Crippen molar-refractivity contribution in [2.24, 2.45) is 0 Å². The zero-order valence-electron chi connectivity index (χ0n) is 14.3. The van der Waals surface area contributed by atoms with Crippen molar-refractivity contribution in [3.05, 3.63) is 42.6 Å². The van der Waals surface area contributed by atoms with E-state index >= 15 is 0 Å². The number of hydrogen-bond donors (Lipinski definition) is 0. The Morgan fingerprint density at radius 1 is 1.24 bits per heavy atom. The number of carbonyl (C=O) groups excluding carboxylic acids is 2. The van der Waals surface area contributed by atoms with Crippen LogP contribution in [0.3, 0.4) is 0 Å². The smallest absolute Gasteiger partial charge is 0.409 e. The lowest BCUT2D eigenvalue weighted by molar-refractivity contribution is 0.0327. The van der Waals surface area contributed by atoms with Gasteiger partial charge in [-0.1, -0.05) is 0 Å².